The maximum Gasteiger partial charge on any atom is 0.268 e. The largest absolute Gasteiger partial charge is 0.268 e. The topological polar surface area (TPSA) is 47.8 Å². The molecule has 0 fully saturated rings. The highest BCUT2D eigenvalue weighted by atomic mass is 35.5. The van der Waals surface area contributed by atoms with Crippen molar-refractivity contribution in [2.24, 2.45) is 0 Å². The molecular formula is C22H18ClN3OS. The van der Waals surface area contributed by atoms with Crippen LogP contribution in [0.15, 0.2) is 70.6 Å². The molecule has 0 spiro atoms. The third kappa shape index (κ3) is 3.68. The number of hydrogen-bond donors (Lipinski definition) is 0. The summed E-state index contributed by atoms with van der Waals surface area (Å²) < 4.78 is 1.65. The Labute approximate surface area is 172 Å². The second-order valence-corrected chi connectivity index (χ2v) is 7.94. The van der Waals surface area contributed by atoms with Crippen LogP contribution in [0.4, 0.5) is 0 Å². The maximum absolute atomic E-state index is 13.4. The Kier molecular flexibility index (Phi) is 5.20. The summed E-state index contributed by atoms with van der Waals surface area (Å²) in [5.74, 6) is 0.706. The van der Waals surface area contributed by atoms with Gasteiger partial charge in [-0.25, -0.2) is 9.97 Å². The van der Waals surface area contributed by atoms with Crippen molar-refractivity contribution < 1.29 is 0 Å². The Bertz CT molecular complexity index is 1200. The number of halogens is 1. The number of rotatable bonds is 4. The number of aryl methyl sites for hydroxylation is 2. The average Bonchev–Trinajstić information content (AvgIpc) is 2.67. The first kappa shape index (κ1) is 18.7. The van der Waals surface area contributed by atoms with Crippen LogP contribution in [0.1, 0.15) is 16.8 Å². The number of thioether (sulfide) groups is 1. The van der Waals surface area contributed by atoms with Crippen molar-refractivity contribution in [2.75, 3.05) is 0 Å². The smallest absolute Gasteiger partial charge is 0.268 e. The molecule has 0 saturated heterocycles. The maximum atomic E-state index is 13.4. The van der Waals surface area contributed by atoms with Crippen molar-refractivity contribution in [3.05, 3.63) is 92.9 Å². The van der Waals surface area contributed by atoms with Crippen LogP contribution in [0, 0.1) is 13.8 Å². The van der Waals surface area contributed by atoms with Crippen molar-refractivity contribution in [1.82, 2.24) is 14.5 Å². The van der Waals surface area contributed by atoms with Gasteiger partial charge in [0.05, 0.1) is 11.1 Å². The van der Waals surface area contributed by atoms with Crippen molar-refractivity contribution in [3.8, 4) is 5.69 Å². The first-order valence-corrected chi connectivity index (χ1v) is 10.2. The molecule has 0 unspecified atom stereocenters. The minimum absolute atomic E-state index is 0.118. The van der Waals surface area contributed by atoms with Gasteiger partial charge in [0.2, 0.25) is 0 Å². The van der Waals surface area contributed by atoms with Gasteiger partial charge < -0.3 is 0 Å². The van der Waals surface area contributed by atoms with Gasteiger partial charge in [0.1, 0.15) is 0 Å². The summed E-state index contributed by atoms with van der Waals surface area (Å²) in [6.07, 6.45) is 0. The van der Waals surface area contributed by atoms with E-state index >= 15 is 0 Å². The molecule has 4 nitrogen and oxygen atoms in total. The van der Waals surface area contributed by atoms with Gasteiger partial charge in [0.25, 0.3) is 5.56 Å². The Morgan fingerprint density at radius 1 is 1.00 bits per heavy atom. The zero-order valence-corrected chi connectivity index (χ0v) is 17.1. The second-order valence-electron chi connectivity index (χ2n) is 6.56. The molecule has 0 aliphatic carbocycles. The van der Waals surface area contributed by atoms with Gasteiger partial charge in [-0.3, -0.25) is 9.36 Å². The summed E-state index contributed by atoms with van der Waals surface area (Å²) in [6.45, 7) is 3.83. The third-order valence-corrected chi connectivity index (χ3v) is 5.69. The Morgan fingerprint density at radius 3 is 2.43 bits per heavy atom. The number of fused-ring (bicyclic) bond motifs is 1. The SMILES string of the molecule is Cc1cc(C)c2c(=O)n(-c3ccc(Cl)cc3)c(SCc3ccccc3)nc2n1. The lowest BCUT2D eigenvalue weighted by atomic mass is 10.2. The van der Waals surface area contributed by atoms with E-state index in [0.29, 0.717) is 27.0 Å². The molecule has 0 atom stereocenters. The lowest BCUT2D eigenvalue weighted by Crippen LogP contribution is -2.23. The fraction of sp³-hybridized carbons (Fsp3) is 0.136. The summed E-state index contributed by atoms with van der Waals surface area (Å²) in [4.78, 5) is 22.7. The van der Waals surface area contributed by atoms with Crippen LogP contribution in [0.3, 0.4) is 0 Å². The third-order valence-electron chi connectivity index (χ3n) is 4.43. The van der Waals surface area contributed by atoms with Gasteiger partial charge in [-0.15, -0.1) is 0 Å². The lowest BCUT2D eigenvalue weighted by molar-refractivity contribution is 0.812. The molecule has 4 rings (SSSR count). The number of benzene rings is 2. The van der Waals surface area contributed by atoms with E-state index in [1.165, 1.54) is 11.8 Å². The van der Waals surface area contributed by atoms with Crippen LogP contribution in [0.5, 0.6) is 0 Å². The van der Waals surface area contributed by atoms with Crippen LogP contribution < -0.4 is 5.56 Å². The summed E-state index contributed by atoms with van der Waals surface area (Å²) in [5.41, 5.74) is 4.00. The zero-order chi connectivity index (χ0) is 19.7. The predicted octanol–water partition coefficient (Wildman–Crippen LogP) is 5.34. The summed E-state index contributed by atoms with van der Waals surface area (Å²) >= 11 is 7.56. The summed E-state index contributed by atoms with van der Waals surface area (Å²) in [5, 5.41) is 1.78. The monoisotopic (exact) mass is 407 g/mol. The molecule has 140 valence electrons. The van der Waals surface area contributed by atoms with E-state index in [-0.39, 0.29) is 5.56 Å². The fourth-order valence-corrected chi connectivity index (χ4v) is 4.22. The molecule has 0 aliphatic heterocycles. The molecule has 0 bridgehead atoms. The van der Waals surface area contributed by atoms with E-state index in [4.69, 9.17) is 16.6 Å². The van der Waals surface area contributed by atoms with Crippen molar-refractivity contribution >= 4 is 34.4 Å². The second kappa shape index (κ2) is 7.78. The molecular weight excluding hydrogens is 390 g/mol. The van der Waals surface area contributed by atoms with E-state index < -0.39 is 0 Å². The summed E-state index contributed by atoms with van der Waals surface area (Å²) in [7, 11) is 0. The van der Waals surface area contributed by atoms with Crippen LogP contribution in [0.25, 0.3) is 16.7 Å². The van der Waals surface area contributed by atoms with E-state index in [0.717, 1.165) is 22.5 Å². The van der Waals surface area contributed by atoms with Gasteiger partial charge in [-0.1, -0.05) is 53.7 Å². The summed E-state index contributed by atoms with van der Waals surface area (Å²) in [6, 6.07) is 19.3. The molecule has 0 aliphatic rings. The van der Waals surface area contributed by atoms with Gasteiger partial charge in [-0.05, 0) is 55.3 Å². The average molecular weight is 408 g/mol. The van der Waals surface area contributed by atoms with Gasteiger partial charge in [0.15, 0.2) is 10.8 Å². The van der Waals surface area contributed by atoms with Gasteiger partial charge >= 0.3 is 0 Å². The van der Waals surface area contributed by atoms with E-state index in [1.807, 2.05) is 50.2 Å². The van der Waals surface area contributed by atoms with Crippen molar-refractivity contribution in [1.29, 1.82) is 0 Å². The first-order chi connectivity index (χ1) is 13.5. The van der Waals surface area contributed by atoms with E-state index in [2.05, 4.69) is 17.1 Å². The minimum Gasteiger partial charge on any atom is -0.268 e. The highest BCUT2D eigenvalue weighted by molar-refractivity contribution is 7.98. The van der Waals surface area contributed by atoms with E-state index in [1.54, 1.807) is 16.7 Å². The molecule has 2 aromatic heterocycles. The zero-order valence-electron chi connectivity index (χ0n) is 15.5. The number of hydrogen-bond acceptors (Lipinski definition) is 4. The molecule has 0 saturated carbocycles. The van der Waals surface area contributed by atoms with Crippen molar-refractivity contribution in [3.63, 3.8) is 0 Å². The van der Waals surface area contributed by atoms with Gasteiger partial charge in [0, 0.05) is 16.5 Å². The number of nitrogens with zero attached hydrogens (tertiary/aromatic N) is 3. The molecule has 2 aromatic carbocycles. The lowest BCUT2D eigenvalue weighted by Gasteiger charge is -2.14. The van der Waals surface area contributed by atoms with Crippen LogP contribution in [-0.4, -0.2) is 14.5 Å². The Balaban J connectivity index is 1.91. The van der Waals surface area contributed by atoms with Crippen LogP contribution in [0.2, 0.25) is 5.02 Å². The minimum atomic E-state index is -0.118. The predicted molar refractivity (Wildman–Crippen MR) is 116 cm³/mol. The molecule has 2 heterocycles. The Morgan fingerprint density at radius 2 is 1.71 bits per heavy atom. The molecule has 6 heteroatoms. The molecule has 0 N–H and O–H groups in total. The molecule has 4 aromatic rings. The number of aromatic nitrogens is 3. The van der Waals surface area contributed by atoms with Crippen molar-refractivity contribution in [2.45, 2.75) is 24.8 Å². The normalized spacial score (nSPS) is 11.1. The van der Waals surface area contributed by atoms with E-state index in [9.17, 15) is 4.79 Å². The standard InChI is InChI=1S/C22H18ClN3OS/c1-14-12-15(2)24-20-19(14)21(27)26(18-10-8-17(23)9-11-18)22(25-20)28-13-16-6-4-3-5-7-16/h3-12H,13H2,1-2H3. The quantitative estimate of drug-likeness (QED) is 0.338. The molecule has 0 radical (unpaired) electrons. The highest BCUT2D eigenvalue weighted by Crippen LogP contribution is 2.25. The van der Waals surface area contributed by atoms with Crippen LogP contribution >= 0.6 is 23.4 Å². The number of pyridine rings is 1. The molecule has 0 amide bonds. The highest BCUT2D eigenvalue weighted by Gasteiger charge is 2.16. The molecule has 28 heavy (non-hydrogen) atoms. The Hall–Kier alpha value is -2.63. The first-order valence-electron chi connectivity index (χ1n) is 8.86. The van der Waals surface area contributed by atoms with Gasteiger partial charge in [-0.2, -0.15) is 0 Å². The fourth-order valence-electron chi connectivity index (χ4n) is 3.14. The van der Waals surface area contributed by atoms with Crippen LogP contribution in [-0.2, 0) is 5.75 Å².